The average Bonchev–Trinajstić information content (AvgIpc) is 2.62. The Kier molecular flexibility index (Phi) is 5.92. The zero-order valence-electron chi connectivity index (χ0n) is 14.0. The van der Waals surface area contributed by atoms with Gasteiger partial charge in [-0.05, 0) is 48.9 Å². The number of carbonyl (C=O) groups is 1. The molecule has 0 spiro atoms. The van der Waals surface area contributed by atoms with Crippen molar-refractivity contribution in [3.63, 3.8) is 0 Å². The Bertz CT molecular complexity index is 715. The number of hydrogen-bond donors (Lipinski definition) is 0. The zero-order chi connectivity index (χ0) is 17.6. The summed E-state index contributed by atoms with van der Waals surface area (Å²) >= 11 is 5.90. The van der Waals surface area contributed by atoms with Crippen molar-refractivity contribution >= 4 is 17.5 Å². The number of piperidine rings is 1. The van der Waals surface area contributed by atoms with Gasteiger partial charge in [-0.25, -0.2) is 4.39 Å². The van der Waals surface area contributed by atoms with E-state index in [9.17, 15) is 9.18 Å². The lowest BCUT2D eigenvalue weighted by Gasteiger charge is -2.32. The molecule has 1 amide bonds. The van der Waals surface area contributed by atoms with Crippen molar-refractivity contribution in [1.29, 1.82) is 0 Å². The van der Waals surface area contributed by atoms with Crippen molar-refractivity contribution in [3.8, 4) is 5.75 Å². The normalized spacial score (nSPS) is 15.2. The van der Waals surface area contributed by atoms with Crippen LogP contribution in [0.5, 0.6) is 5.75 Å². The predicted octanol–water partition coefficient (Wildman–Crippen LogP) is 4.34. The van der Waals surface area contributed by atoms with Gasteiger partial charge in [-0.15, -0.1) is 0 Å². The third-order valence-electron chi connectivity index (χ3n) is 4.58. The van der Waals surface area contributed by atoms with Crippen LogP contribution in [0.25, 0.3) is 0 Å². The number of likely N-dealkylation sites (tertiary alicyclic amines) is 1. The molecule has 3 rings (SSSR count). The van der Waals surface area contributed by atoms with E-state index in [2.05, 4.69) is 24.3 Å². The Morgan fingerprint density at radius 1 is 1.16 bits per heavy atom. The molecule has 0 radical (unpaired) electrons. The summed E-state index contributed by atoms with van der Waals surface area (Å²) in [5.74, 6) is 0.456. The Hall–Kier alpha value is -2.07. The second-order valence-corrected chi connectivity index (χ2v) is 6.78. The highest BCUT2D eigenvalue weighted by Crippen LogP contribution is 2.25. The van der Waals surface area contributed by atoms with Crippen molar-refractivity contribution in [2.75, 3.05) is 19.7 Å². The summed E-state index contributed by atoms with van der Waals surface area (Å²) in [6.07, 6.45) is 3.06. The first-order valence-corrected chi connectivity index (χ1v) is 8.89. The molecule has 5 heteroatoms. The largest absolute Gasteiger partial charge is 0.482 e. The number of nitrogens with zero attached hydrogens (tertiary/aromatic N) is 1. The number of ether oxygens (including phenoxy) is 1. The van der Waals surface area contributed by atoms with Crippen LogP contribution >= 0.6 is 11.6 Å². The van der Waals surface area contributed by atoms with Gasteiger partial charge in [0.1, 0.15) is 11.6 Å². The van der Waals surface area contributed by atoms with Gasteiger partial charge in [0, 0.05) is 13.1 Å². The Labute approximate surface area is 152 Å². The quantitative estimate of drug-likeness (QED) is 0.792. The number of amides is 1. The SMILES string of the molecule is O=C(COc1ccc(F)cc1Cl)N1CCC(Cc2ccccc2)CC1. The minimum Gasteiger partial charge on any atom is -0.482 e. The van der Waals surface area contributed by atoms with Crippen molar-refractivity contribution in [2.45, 2.75) is 19.3 Å². The van der Waals surface area contributed by atoms with E-state index in [-0.39, 0.29) is 17.5 Å². The number of rotatable bonds is 5. The number of hydrogen-bond acceptors (Lipinski definition) is 2. The van der Waals surface area contributed by atoms with E-state index in [0.717, 1.165) is 32.4 Å². The molecule has 1 heterocycles. The van der Waals surface area contributed by atoms with Gasteiger partial charge in [0.2, 0.25) is 0 Å². The maximum Gasteiger partial charge on any atom is 0.260 e. The topological polar surface area (TPSA) is 29.5 Å². The second kappa shape index (κ2) is 8.34. The predicted molar refractivity (Wildman–Crippen MR) is 96.4 cm³/mol. The molecule has 2 aromatic carbocycles. The minimum atomic E-state index is -0.427. The monoisotopic (exact) mass is 361 g/mol. The van der Waals surface area contributed by atoms with Gasteiger partial charge in [0.25, 0.3) is 5.91 Å². The molecule has 3 nitrogen and oxygen atoms in total. The summed E-state index contributed by atoms with van der Waals surface area (Å²) in [6, 6.07) is 14.3. The van der Waals surface area contributed by atoms with Crippen LogP contribution in [-0.2, 0) is 11.2 Å². The highest BCUT2D eigenvalue weighted by molar-refractivity contribution is 6.32. The van der Waals surface area contributed by atoms with Crippen molar-refractivity contribution in [2.24, 2.45) is 5.92 Å². The molecule has 0 aliphatic carbocycles. The van der Waals surface area contributed by atoms with E-state index < -0.39 is 5.82 Å². The maximum atomic E-state index is 13.0. The molecule has 25 heavy (non-hydrogen) atoms. The molecule has 0 unspecified atom stereocenters. The lowest BCUT2D eigenvalue weighted by molar-refractivity contribution is -0.134. The maximum absolute atomic E-state index is 13.0. The van der Waals surface area contributed by atoms with Crippen LogP contribution in [0.4, 0.5) is 4.39 Å². The first-order chi connectivity index (χ1) is 12.1. The van der Waals surface area contributed by atoms with Gasteiger partial charge >= 0.3 is 0 Å². The van der Waals surface area contributed by atoms with Crippen LogP contribution in [0.2, 0.25) is 5.02 Å². The number of carbonyl (C=O) groups excluding carboxylic acids is 1. The fourth-order valence-corrected chi connectivity index (χ4v) is 3.38. The molecule has 1 aliphatic rings. The van der Waals surface area contributed by atoms with Gasteiger partial charge < -0.3 is 9.64 Å². The minimum absolute atomic E-state index is 0.0569. The van der Waals surface area contributed by atoms with Crippen molar-refractivity contribution < 1.29 is 13.9 Å². The van der Waals surface area contributed by atoms with Crippen molar-refractivity contribution in [1.82, 2.24) is 4.90 Å². The summed E-state index contributed by atoms with van der Waals surface area (Å²) in [5.41, 5.74) is 1.35. The third kappa shape index (κ3) is 4.95. The highest BCUT2D eigenvalue weighted by Gasteiger charge is 2.23. The number of benzene rings is 2. The van der Waals surface area contributed by atoms with Crippen LogP contribution in [0, 0.1) is 11.7 Å². The fraction of sp³-hybridized carbons (Fsp3) is 0.350. The van der Waals surface area contributed by atoms with Crippen LogP contribution in [-0.4, -0.2) is 30.5 Å². The van der Waals surface area contributed by atoms with Crippen LogP contribution in [0.1, 0.15) is 18.4 Å². The summed E-state index contributed by atoms with van der Waals surface area (Å²) in [6.45, 7) is 1.42. The Morgan fingerprint density at radius 2 is 1.88 bits per heavy atom. The van der Waals surface area contributed by atoms with E-state index in [1.807, 2.05) is 11.0 Å². The first-order valence-electron chi connectivity index (χ1n) is 8.51. The first kappa shape index (κ1) is 17.7. The standard InChI is InChI=1S/C20H21ClFNO2/c21-18-13-17(22)6-7-19(18)25-14-20(24)23-10-8-16(9-11-23)12-15-4-2-1-3-5-15/h1-7,13,16H,8-12,14H2. The number of halogens is 2. The molecule has 2 aromatic rings. The van der Waals surface area contributed by atoms with Gasteiger partial charge in [-0.2, -0.15) is 0 Å². The molecule has 1 fully saturated rings. The summed E-state index contributed by atoms with van der Waals surface area (Å²) in [4.78, 5) is 14.1. The average molecular weight is 362 g/mol. The van der Waals surface area contributed by atoms with E-state index >= 15 is 0 Å². The highest BCUT2D eigenvalue weighted by atomic mass is 35.5. The van der Waals surface area contributed by atoms with E-state index in [0.29, 0.717) is 11.7 Å². The van der Waals surface area contributed by atoms with Crippen LogP contribution in [0.3, 0.4) is 0 Å². The van der Waals surface area contributed by atoms with Crippen LogP contribution < -0.4 is 4.74 Å². The zero-order valence-corrected chi connectivity index (χ0v) is 14.7. The summed E-state index contributed by atoms with van der Waals surface area (Å²) in [7, 11) is 0. The van der Waals surface area contributed by atoms with Gasteiger partial charge in [0.15, 0.2) is 6.61 Å². The van der Waals surface area contributed by atoms with Gasteiger partial charge in [0.05, 0.1) is 5.02 Å². The fourth-order valence-electron chi connectivity index (χ4n) is 3.16. The molecule has 0 bridgehead atoms. The summed E-state index contributed by atoms with van der Waals surface area (Å²) in [5, 5.41) is 0.175. The lowest BCUT2D eigenvalue weighted by Crippen LogP contribution is -2.41. The third-order valence-corrected chi connectivity index (χ3v) is 4.87. The second-order valence-electron chi connectivity index (χ2n) is 6.38. The molecule has 0 aromatic heterocycles. The smallest absolute Gasteiger partial charge is 0.260 e. The van der Waals surface area contributed by atoms with Crippen LogP contribution in [0.15, 0.2) is 48.5 Å². The molecular weight excluding hydrogens is 341 g/mol. The van der Waals surface area contributed by atoms with E-state index in [4.69, 9.17) is 16.3 Å². The molecule has 1 aliphatic heterocycles. The van der Waals surface area contributed by atoms with Gasteiger partial charge in [-0.1, -0.05) is 41.9 Å². The molecule has 132 valence electrons. The molecule has 0 atom stereocenters. The molecular formula is C20H21ClFNO2. The van der Waals surface area contributed by atoms with E-state index in [1.165, 1.54) is 23.8 Å². The van der Waals surface area contributed by atoms with Crippen molar-refractivity contribution in [3.05, 3.63) is 64.9 Å². The Balaban J connectivity index is 1.45. The summed E-state index contributed by atoms with van der Waals surface area (Å²) < 4.78 is 18.5. The lowest BCUT2D eigenvalue weighted by atomic mass is 9.90. The molecule has 0 saturated carbocycles. The molecule has 1 saturated heterocycles. The van der Waals surface area contributed by atoms with Gasteiger partial charge in [-0.3, -0.25) is 4.79 Å². The van der Waals surface area contributed by atoms with E-state index in [1.54, 1.807) is 0 Å². The molecule has 0 N–H and O–H groups in total. The Morgan fingerprint density at radius 3 is 2.56 bits per heavy atom.